The van der Waals surface area contributed by atoms with Crippen LogP contribution < -0.4 is 20.1 Å². The van der Waals surface area contributed by atoms with Gasteiger partial charge in [-0.1, -0.05) is 0 Å². The molecule has 0 aliphatic rings. The normalized spacial score (nSPS) is 11.0. The molecule has 1 amide bonds. The van der Waals surface area contributed by atoms with Crippen molar-refractivity contribution in [2.45, 2.75) is 19.8 Å². The van der Waals surface area contributed by atoms with E-state index in [9.17, 15) is 4.79 Å². The number of aryl methyl sites for hydroxylation is 1. The predicted molar refractivity (Wildman–Crippen MR) is 109 cm³/mol. The largest absolute Gasteiger partial charge is 0.493 e. The molecule has 0 saturated heterocycles. The smallest absolute Gasteiger partial charge is 0.245 e. The van der Waals surface area contributed by atoms with Crippen molar-refractivity contribution >= 4 is 28.4 Å². The molecule has 2 N–H and O–H groups in total. The van der Waals surface area contributed by atoms with Crippen LogP contribution in [0.25, 0.3) is 16.7 Å². The number of hydrogen-bond donors (Lipinski definition) is 2. The van der Waals surface area contributed by atoms with Crippen LogP contribution in [0.2, 0.25) is 0 Å². The maximum atomic E-state index is 11.4. The second-order valence-electron chi connectivity index (χ2n) is 6.48. The first-order valence-electron chi connectivity index (χ1n) is 9.36. The molecule has 2 aromatic heterocycles. The van der Waals surface area contributed by atoms with Crippen LogP contribution >= 0.6 is 0 Å². The monoisotopic (exact) mass is 402 g/mol. The van der Waals surface area contributed by atoms with Crippen LogP contribution in [0, 0.1) is 6.92 Å². The third-order valence-corrected chi connectivity index (χ3v) is 4.48. The highest BCUT2D eigenvalue weighted by atomic mass is 16.5. The fourth-order valence-corrected chi connectivity index (χ4v) is 3.09. The van der Waals surface area contributed by atoms with Crippen molar-refractivity contribution in [2.24, 2.45) is 0 Å². The van der Waals surface area contributed by atoms with Crippen LogP contribution in [0.1, 0.15) is 18.7 Å². The number of carbonyl (C=O) groups excluding carboxylic acids is 1. The minimum absolute atomic E-state index is 0.0811. The number of nitrogens with zero attached hydrogens (tertiary/aromatic N) is 4. The molecular weight excluding hydrogens is 376 g/mol. The van der Waals surface area contributed by atoms with Gasteiger partial charge in [0.2, 0.25) is 11.6 Å². The Morgan fingerprint density at radius 1 is 1.07 bits per heavy atom. The molecule has 0 saturated carbocycles. The number of aromatic nitrogens is 4. The standard InChI is InChI=1S/C19H26N6O4/c1-12-23-24-19-18(21-8-6-5-7-20-17(26)11-27-2)22-13-9-15(28-3)16(29-4)10-14(13)25(12)19/h9-10H,5-8,11H2,1-4H3,(H,20,26)(H,21,22). The highest BCUT2D eigenvalue weighted by molar-refractivity contribution is 5.85. The van der Waals surface area contributed by atoms with Gasteiger partial charge >= 0.3 is 0 Å². The summed E-state index contributed by atoms with van der Waals surface area (Å²) < 4.78 is 17.5. The van der Waals surface area contributed by atoms with Crippen LogP contribution in [-0.2, 0) is 9.53 Å². The predicted octanol–water partition coefficient (Wildman–Crippen LogP) is 1.56. The van der Waals surface area contributed by atoms with Crippen LogP contribution in [0.4, 0.5) is 5.82 Å². The maximum Gasteiger partial charge on any atom is 0.245 e. The first-order chi connectivity index (χ1) is 14.1. The third kappa shape index (κ3) is 4.48. The van der Waals surface area contributed by atoms with Crippen molar-refractivity contribution < 1.29 is 19.0 Å². The Bertz CT molecular complexity index is 1000. The Labute approximate surface area is 168 Å². The molecule has 156 valence electrons. The van der Waals surface area contributed by atoms with Crippen molar-refractivity contribution in [2.75, 3.05) is 46.3 Å². The lowest BCUT2D eigenvalue weighted by atomic mass is 10.2. The molecule has 0 bridgehead atoms. The van der Waals surface area contributed by atoms with E-state index in [1.54, 1.807) is 14.2 Å². The number of fused-ring (bicyclic) bond motifs is 3. The summed E-state index contributed by atoms with van der Waals surface area (Å²) >= 11 is 0. The molecule has 0 aliphatic carbocycles. The SMILES string of the molecule is COCC(=O)NCCCCNc1nc2cc(OC)c(OC)cc2n2c(C)nnc12. The zero-order chi connectivity index (χ0) is 20.8. The first kappa shape index (κ1) is 20.6. The van der Waals surface area contributed by atoms with E-state index in [4.69, 9.17) is 19.2 Å². The lowest BCUT2D eigenvalue weighted by Gasteiger charge is -2.13. The van der Waals surface area contributed by atoms with Gasteiger partial charge in [-0.25, -0.2) is 4.98 Å². The van der Waals surface area contributed by atoms with Crippen LogP contribution in [0.3, 0.4) is 0 Å². The van der Waals surface area contributed by atoms with Crippen molar-refractivity contribution in [3.05, 3.63) is 18.0 Å². The molecular formula is C19H26N6O4. The molecule has 3 aromatic rings. The molecule has 3 rings (SSSR count). The summed E-state index contributed by atoms with van der Waals surface area (Å²) in [5, 5.41) is 14.6. The molecule has 29 heavy (non-hydrogen) atoms. The lowest BCUT2D eigenvalue weighted by Crippen LogP contribution is -2.28. The van der Waals surface area contributed by atoms with E-state index in [0.29, 0.717) is 36.1 Å². The minimum Gasteiger partial charge on any atom is -0.493 e. The van der Waals surface area contributed by atoms with E-state index in [1.165, 1.54) is 7.11 Å². The topological polar surface area (TPSA) is 112 Å². The van der Waals surface area contributed by atoms with Gasteiger partial charge in [-0.2, -0.15) is 0 Å². The van der Waals surface area contributed by atoms with Gasteiger partial charge in [-0.15, -0.1) is 10.2 Å². The highest BCUT2D eigenvalue weighted by Crippen LogP contribution is 2.33. The van der Waals surface area contributed by atoms with E-state index >= 15 is 0 Å². The van der Waals surface area contributed by atoms with Gasteiger partial charge in [-0.3, -0.25) is 9.20 Å². The van der Waals surface area contributed by atoms with E-state index in [2.05, 4.69) is 20.8 Å². The van der Waals surface area contributed by atoms with Gasteiger partial charge in [0.1, 0.15) is 12.4 Å². The van der Waals surface area contributed by atoms with Gasteiger partial charge < -0.3 is 24.8 Å². The number of unbranched alkanes of at least 4 members (excludes halogenated alkanes) is 1. The first-order valence-corrected chi connectivity index (χ1v) is 9.36. The summed E-state index contributed by atoms with van der Waals surface area (Å²) in [6, 6.07) is 3.71. The Balaban J connectivity index is 1.76. The van der Waals surface area contributed by atoms with Crippen molar-refractivity contribution in [1.29, 1.82) is 0 Å². The Morgan fingerprint density at radius 2 is 1.79 bits per heavy atom. The van der Waals surface area contributed by atoms with Crippen LogP contribution in [0.5, 0.6) is 11.5 Å². The number of carbonyl (C=O) groups is 1. The number of hydrogen-bond acceptors (Lipinski definition) is 8. The third-order valence-electron chi connectivity index (χ3n) is 4.48. The molecule has 2 heterocycles. The Kier molecular flexibility index (Phi) is 6.65. The molecule has 10 nitrogen and oxygen atoms in total. The van der Waals surface area contributed by atoms with Gasteiger partial charge in [0.25, 0.3) is 0 Å². The van der Waals surface area contributed by atoms with Crippen molar-refractivity contribution in [1.82, 2.24) is 24.9 Å². The van der Waals surface area contributed by atoms with E-state index in [1.807, 2.05) is 23.5 Å². The molecule has 0 fully saturated rings. The van der Waals surface area contributed by atoms with Gasteiger partial charge in [0.15, 0.2) is 17.3 Å². The Morgan fingerprint density at radius 3 is 2.52 bits per heavy atom. The second kappa shape index (κ2) is 9.37. The van der Waals surface area contributed by atoms with Crippen molar-refractivity contribution in [3.63, 3.8) is 0 Å². The number of methoxy groups -OCH3 is 3. The minimum atomic E-state index is -0.110. The average Bonchev–Trinajstić information content (AvgIpc) is 3.11. The fraction of sp³-hybridized carbons (Fsp3) is 0.474. The summed E-state index contributed by atoms with van der Waals surface area (Å²) in [6.07, 6.45) is 1.70. The number of benzene rings is 1. The number of anilines is 1. The van der Waals surface area contributed by atoms with Crippen molar-refractivity contribution in [3.8, 4) is 11.5 Å². The summed E-state index contributed by atoms with van der Waals surface area (Å²) in [6.45, 7) is 3.26. The molecule has 0 unspecified atom stereocenters. The van der Waals surface area contributed by atoms with Gasteiger partial charge in [0, 0.05) is 32.3 Å². The number of ether oxygens (including phenoxy) is 3. The zero-order valence-electron chi connectivity index (χ0n) is 17.1. The molecule has 0 aliphatic heterocycles. The number of nitrogens with one attached hydrogen (secondary N) is 2. The zero-order valence-corrected chi connectivity index (χ0v) is 17.1. The summed E-state index contributed by atoms with van der Waals surface area (Å²) in [5.74, 6) is 2.52. The molecule has 0 atom stereocenters. The summed E-state index contributed by atoms with van der Waals surface area (Å²) in [4.78, 5) is 16.1. The molecule has 0 spiro atoms. The fourth-order valence-electron chi connectivity index (χ4n) is 3.09. The molecule has 10 heteroatoms. The highest BCUT2D eigenvalue weighted by Gasteiger charge is 2.16. The second-order valence-corrected chi connectivity index (χ2v) is 6.48. The number of rotatable bonds is 10. The van der Waals surface area contributed by atoms with E-state index in [-0.39, 0.29) is 12.5 Å². The average molecular weight is 402 g/mol. The van der Waals surface area contributed by atoms with E-state index < -0.39 is 0 Å². The quantitative estimate of drug-likeness (QED) is 0.492. The summed E-state index contributed by atoms with van der Waals surface area (Å²) in [5.41, 5.74) is 2.23. The van der Waals surface area contributed by atoms with E-state index in [0.717, 1.165) is 29.7 Å². The lowest BCUT2D eigenvalue weighted by molar-refractivity contribution is -0.124. The number of amides is 1. The Hall–Kier alpha value is -3.14. The molecule has 1 aromatic carbocycles. The maximum absolute atomic E-state index is 11.4. The van der Waals surface area contributed by atoms with Crippen LogP contribution in [0.15, 0.2) is 12.1 Å². The van der Waals surface area contributed by atoms with Gasteiger partial charge in [0.05, 0.1) is 25.3 Å². The van der Waals surface area contributed by atoms with Gasteiger partial charge in [-0.05, 0) is 19.8 Å². The molecule has 0 radical (unpaired) electrons. The van der Waals surface area contributed by atoms with Crippen LogP contribution in [-0.4, -0.2) is 66.5 Å². The summed E-state index contributed by atoms with van der Waals surface area (Å²) in [7, 11) is 4.69.